The lowest BCUT2D eigenvalue weighted by Gasteiger charge is -2.27. The van der Waals surface area contributed by atoms with Gasteiger partial charge in [-0.15, -0.1) is 0 Å². The van der Waals surface area contributed by atoms with Gasteiger partial charge in [0.1, 0.15) is 5.54 Å². The number of carbonyl (C=O) groups excluding carboxylic acids is 1. The van der Waals surface area contributed by atoms with E-state index in [2.05, 4.69) is 16.7 Å². The highest BCUT2D eigenvalue weighted by Gasteiger charge is 2.29. The number of hydrogen-bond donors (Lipinski definition) is 2. The normalized spacial score (nSPS) is 13.4. The molecule has 0 aliphatic heterocycles. The Balaban J connectivity index is 2.65. The molecule has 4 heteroatoms. The molecule has 0 spiro atoms. The summed E-state index contributed by atoms with van der Waals surface area (Å²) in [6, 6.07) is 8.23. The van der Waals surface area contributed by atoms with Crippen molar-refractivity contribution in [2.24, 2.45) is 5.92 Å². The second-order valence-corrected chi connectivity index (χ2v) is 5.69. The third kappa shape index (κ3) is 3.99. The summed E-state index contributed by atoms with van der Waals surface area (Å²) in [4.78, 5) is 12.0. The molecule has 20 heavy (non-hydrogen) atoms. The molecule has 2 N–H and O–H groups in total. The number of amides is 1. The maximum absolute atomic E-state index is 12.0. The van der Waals surface area contributed by atoms with Crippen molar-refractivity contribution in [3.8, 4) is 6.07 Å². The van der Waals surface area contributed by atoms with Crippen molar-refractivity contribution < 1.29 is 4.79 Å². The van der Waals surface area contributed by atoms with Gasteiger partial charge < -0.3 is 10.6 Å². The number of anilines is 1. The summed E-state index contributed by atoms with van der Waals surface area (Å²) >= 11 is 0. The number of nitriles is 1. The van der Waals surface area contributed by atoms with Crippen LogP contribution in [0, 0.1) is 31.1 Å². The van der Waals surface area contributed by atoms with Gasteiger partial charge in [0.2, 0.25) is 5.91 Å². The van der Waals surface area contributed by atoms with Gasteiger partial charge in [-0.1, -0.05) is 26.0 Å². The van der Waals surface area contributed by atoms with Gasteiger partial charge in [0.15, 0.2) is 0 Å². The lowest BCUT2D eigenvalue weighted by Crippen LogP contribution is -2.50. The van der Waals surface area contributed by atoms with Crippen molar-refractivity contribution in [3.05, 3.63) is 29.3 Å². The quantitative estimate of drug-likeness (QED) is 0.867. The molecule has 0 radical (unpaired) electrons. The lowest BCUT2D eigenvalue weighted by atomic mass is 9.90. The minimum absolute atomic E-state index is 0.0529. The maximum atomic E-state index is 12.0. The number of carbonyl (C=O) groups is 1. The highest BCUT2D eigenvalue weighted by molar-refractivity contribution is 5.82. The van der Waals surface area contributed by atoms with Crippen LogP contribution in [0.1, 0.15) is 31.9 Å². The van der Waals surface area contributed by atoms with Crippen LogP contribution in [0.25, 0.3) is 0 Å². The summed E-state index contributed by atoms with van der Waals surface area (Å²) < 4.78 is 0. The Morgan fingerprint density at radius 3 is 2.60 bits per heavy atom. The van der Waals surface area contributed by atoms with Crippen LogP contribution < -0.4 is 10.6 Å². The lowest BCUT2D eigenvalue weighted by molar-refractivity contribution is -0.121. The number of benzene rings is 1. The largest absolute Gasteiger partial charge is 0.376 e. The first-order valence-electron chi connectivity index (χ1n) is 6.82. The van der Waals surface area contributed by atoms with E-state index in [1.54, 1.807) is 6.92 Å². The molecule has 0 aliphatic carbocycles. The smallest absolute Gasteiger partial charge is 0.240 e. The van der Waals surface area contributed by atoms with Crippen molar-refractivity contribution in [1.82, 2.24) is 5.32 Å². The Bertz CT molecular complexity index is 531. The zero-order valence-electron chi connectivity index (χ0n) is 12.9. The van der Waals surface area contributed by atoms with Gasteiger partial charge in [-0.3, -0.25) is 4.79 Å². The van der Waals surface area contributed by atoms with Crippen molar-refractivity contribution >= 4 is 11.6 Å². The van der Waals surface area contributed by atoms with Gasteiger partial charge in [-0.2, -0.15) is 5.26 Å². The van der Waals surface area contributed by atoms with E-state index in [9.17, 15) is 10.1 Å². The second-order valence-electron chi connectivity index (χ2n) is 5.69. The standard InChI is InChI=1S/C16H23N3O/c1-11(2)16(5,10-17)19-15(20)9-18-14-8-12(3)6-7-13(14)4/h6-8,11,18H,9H2,1-5H3,(H,19,20)/t16-/m1/s1. The van der Waals surface area contributed by atoms with E-state index in [0.29, 0.717) is 0 Å². The topological polar surface area (TPSA) is 64.9 Å². The van der Waals surface area contributed by atoms with E-state index in [0.717, 1.165) is 16.8 Å². The number of rotatable bonds is 5. The molecule has 1 aromatic carbocycles. The Kier molecular flexibility index (Phi) is 5.15. The fourth-order valence-electron chi connectivity index (χ4n) is 1.74. The molecule has 1 atom stereocenters. The summed E-state index contributed by atoms with van der Waals surface area (Å²) in [5, 5.41) is 15.1. The first-order valence-corrected chi connectivity index (χ1v) is 6.82. The van der Waals surface area contributed by atoms with Crippen molar-refractivity contribution in [3.63, 3.8) is 0 Å². The van der Waals surface area contributed by atoms with Crippen LogP contribution in [-0.4, -0.2) is 18.0 Å². The number of nitrogens with zero attached hydrogens (tertiary/aromatic N) is 1. The molecular formula is C16H23N3O. The summed E-state index contributed by atoms with van der Waals surface area (Å²) in [5.41, 5.74) is 2.35. The minimum Gasteiger partial charge on any atom is -0.376 e. The summed E-state index contributed by atoms with van der Waals surface area (Å²) in [7, 11) is 0. The van der Waals surface area contributed by atoms with Gasteiger partial charge in [-0.25, -0.2) is 0 Å². The molecule has 4 nitrogen and oxygen atoms in total. The van der Waals surface area contributed by atoms with Gasteiger partial charge in [-0.05, 0) is 43.9 Å². The third-order valence-electron chi connectivity index (χ3n) is 3.62. The molecule has 1 aromatic rings. The van der Waals surface area contributed by atoms with Gasteiger partial charge in [0, 0.05) is 5.69 Å². The highest BCUT2D eigenvalue weighted by atomic mass is 16.2. The van der Waals surface area contributed by atoms with Crippen LogP contribution in [0.15, 0.2) is 18.2 Å². The molecule has 108 valence electrons. The highest BCUT2D eigenvalue weighted by Crippen LogP contribution is 2.17. The Hall–Kier alpha value is -2.02. The van der Waals surface area contributed by atoms with E-state index < -0.39 is 5.54 Å². The molecule has 0 saturated heterocycles. The van der Waals surface area contributed by atoms with Gasteiger partial charge in [0.25, 0.3) is 0 Å². The predicted octanol–water partition coefficient (Wildman–Crippen LogP) is 2.77. The molecule has 0 aromatic heterocycles. The number of hydrogen-bond acceptors (Lipinski definition) is 3. The maximum Gasteiger partial charge on any atom is 0.240 e. The first kappa shape index (κ1) is 16.0. The van der Waals surface area contributed by atoms with Crippen molar-refractivity contribution in [2.45, 2.75) is 40.2 Å². The Morgan fingerprint density at radius 1 is 1.40 bits per heavy atom. The van der Waals surface area contributed by atoms with Crippen LogP contribution in [0.3, 0.4) is 0 Å². The monoisotopic (exact) mass is 273 g/mol. The van der Waals surface area contributed by atoms with E-state index in [1.165, 1.54) is 0 Å². The number of nitrogens with one attached hydrogen (secondary N) is 2. The van der Waals surface area contributed by atoms with Crippen LogP contribution in [0.4, 0.5) is 5.69 Å². The van der Waals surface area contributed by atoms with Gasteiger partial charge >= 0.3 is 0 Å². The summed E-state index contributed by atoms with van der Waals surface area (Å²) in [6.07, 6.45) is 0. The van der Waals surface area contributed by atoms with Crippen molar-refractivity contribution in [2.75, 3.05) is 11.9 Å². The average molecular weight is 273 g/mol. The summed E-state index contributed by atoms with van der Waals surface area (Å²) in [5.74, 6) is -0.124. The molecule has 1 amide bonds. The van der Waals surface area contributed by atoms with E-state index in [4.69, 9.17) is 0 Å². The number of aryl methyl sites for hydroxylation is 2. The molecule has 0 heterocycles. The third-order valence-corrected chi connectivity index (χ3v) is 3.62. The fourth-order valence-corrected chi connectivity index (χ4v) is 1.74. The van der Waals surface area contributed by atoms with E-state index in [-0.39, 0.29) is 18.4 Å². The molecule has 0 saturated carbocycles. The van der Waals surface area contributed by atoms with Gasteiger partial charge in [0.05, 0.1) is 12.6 Å². The molecular weight excluding hydrogens is 250 g/mol. The summed E-state index contributed by atoms with van der Waals surface area (Å²) in [6.45, 7) is 9.74. The van der Waals surface area contributed by atoms with E-state index >= 15 is 0 Å². The molecule has 0 fully saturated rings. The van der Waals surface area contributed by atoms with Crippen molar-refractivity contribution in [1.29, 1.82) is 5.26 Å². The van der Waals surface area contributed by atoms with Crippen LogP contribution in [0.5, 0.6) is 0 Å². The first-order chi connectivity index (χ1) is 9.28. The molecule has 0 bridgehead atoms. The average Bonchev–Trinajstić information content (AvgIpc) is 2.39. The zero-order chi connectivity index (χ0) is 15.3. The van der Waals surface area contributed by atoms with Crippen LogP contribution in [-0.2, 0) is 4.79 Å². The minimum atomic E-state index is -0.833. The Morgan fingerprint density at radius 2 is 2.05 bits per heavy atom. The van der Waals surface area contributed by atoms with Crippen LogP contribution in [0.2, 0.25) is 0 Å². The van der Waals surface area contributed by atoms with E-state index in [1.807, 2.05) is 45.9 Å². The Labute approximate surface area is 121 Å². The fraction of sp³-hybridized carbons (Fsp3) is 0.500. The molecule has 0 unspecified atom stereocenters. The zero-order valence-corrected chi connectivity index (χ0v) is 12.9. The molecule has 1 rings (SSSR count). The van der Waals surface area contributed by atoms with Crippen LogP contribution >= 0.6 is 0 Å². The molecule has 0 aliphatic rings. The predicted molar refractivity (Wildman–Crippen MR) is 81.4 cm³/mol. The second kappa shape index (κ2) is 6.42. The SMILES string of the molecule is Cc1ccc(C)c(NCC(=O)N[C@](C)(C#N)C(C)C)c1.